The lowest BCUT2D eigenvalue weighted by Gasteiger charge is -2.19. The number of non-ortho nitro benzene ring substituents is 1. The number of hydrogen-bond acceptors (Lipinski definition) is 7. The number of aromatic nitrogens is 3. The molecular formula is C24H28N6O3. The van der Waals surface area contributed by atoms with Crippen molar-refractivity contribution in [3.8, 4) is 5.69 Å². The van der Waals surface area contributed by atoms with Crippen LogP contribution in [-0.4, -0.2) is 63.0 Å². The van der Waals surface area contributed by atoms with E-state index in [1.807, 2.05) is 29.6 Å². The summed E-state index contributed by atoms with van der Waals surface area (Å²) in [4.78, 5) is 28.7. The molecule has 1 heterocycles. The summed E-state index contributed by atoms with van der Waals surface area (Å²) in [6, 6.07) is 13.2. The number of hydrogen-bond donors (Lipinski definition) is 0. The van der Waals surface area contributed by atoms with E-state index < -0.39 is 4.92 Å². The molecular weight excluding hydrogens is 420 g/mol. The summed E-state index contributed by atoms with van der Waals surface area (Å²) in [5, 5.41) is 20.3. The first-order valence-corrected chi connectivity index (χ1v) is 11.0. The van der Waals surface area contributed by atoms with Crippen LogP contribution in [0.25, 0.3) is 5.69 Å². The number of nitro groups is 1. The van der Waals surface area contributed by atoms with E-state index in [0.29, 0.717) is 36.0 Å². The summed E-state index contributed by atoms with van der Waals surface area (Å²) in [7, 11) is 5.92. The molecule has 0 unspecified atom stereocenters. The van der Waals surface area contributed by atoms with Gasteiger partial charge in [-0.05, 0) is 46.0 Å². The standard InChI is InChI=1S/C24H28N6O3/c1-27(2)15-22-25-26-23(16-28(3)14-17-9-10-17)29(22)21-12-11-19(30(32)33)13-20(21)24(31)18-7-5-4-6-8-18/h4-8,11-13,17H,9-10,14-16H2,1-3H3. The van der Waals surface area contributed by atoms with Crippen LogP contribution >= 0.6 is 0 Å². The second kappa shape index (κ2) is 9.60. The lowest BCUT2D eigenvalue weighted by molar-refractivity contribution is -0.384. The van der Waals surface area contributed by atoms with Crippen molar-refractivity contribution in [2.24, 2.45) is 5.92 Å². The van der Waals surface area contributed by atoms with Crippen LogP contribution in [0.5, 0.6) is 0 Å². The first-order valence-electron chi connectivity index (χ1n) is 11.0. The number of nitrogens with zero attached hydrogens (tertiary/aromatic N) is 6. The highest BCUT2D eigenvalue weighted by Crippen LogP contribution is 2.30. The molecule has 1 fully saturated rings. The minimum atomic E-state index is -0.483. The maximum Gasteiger partial charge on any atom is 0.270 e. The van der Waals surface area contributed by atoms with Crippen LogP contribution in [0.15, 0.2) is 48.5 Å². The fraction of sp³-hybridized carbons (Fsp3) is 0.375. The molecule has 0 N–H and O–H groups in total. The van der Waals surface area contributed by atoms with Crippen LogP contribution in [-0.2, 0) is 13.1 Å². The van der Waals surface area contributed by atoms with Crippen LogP contribution < -0.4 is 0 Å². The molecule has 33 heavy (non-hydrogen) atoms. The van der Waals surface area contributed by atoms with Gasteiger partial charge in [0.1, 0.15) is 0 Å². The van der Waals surface area contributed by atoms with Crippen molar-refractivity contribution in [3.05, 3.63) is 81.4 Å². The first kappa shape index (κ1) is 22.8. The normalized spacial score (nSPS) is 13.6. The Balaban J connectivity index is 1.83. The van der Waals surface area contributed by atoms with E-state index >= 15 is 0 Å². The quantitative estimate of drug-likeness (QED) is 0.267. The monoisotopic (exact) mass is 448 g/mol. The second-order valence-corrected chi connectivity index (χ2v) is 8.90. The highest BCUT2D eigenvalue weighted by atomic mass is 16.6. The van der Waals surface area contributed by atoms with Gasteiger partial charge in [0.25, 0.3) is 5.69 Å². The van der Waals surface area contributed by atoms with Gasteiger partial charge in [-0.25, -0.2) is 0 Å². The Morgan fingerprint density at radius 1 is 1.06 bits per heavy atom. The van der Waals surface area contributed by atoms with E-state index in [-0.39, 0.29) is 17.0 Å². The summed E-state index contributed by atoms with van der Waals surface area (Å²) in [6.45, 7) is 2.05. The smallest absolute Gasteiger partial charge is 0.270 e. The van der Waals surface area contributed by atoms with E-state index in [1.165, 1.54) is 25.0 Å². The maximum atomic E-state index is 13.5. The summed E-state index contributed by atoms with van der Waals surface area (Å²) in [6.07, 6.45) is 2.50. The number of carbonyl (C=O) groups excluding carboxylic acids is 1. The second-order valence-electron chi connectivity index (χ2n) is 8.90. The van der Waals surface area contributed by atoms with Gasteiger partial charge in [0.15, 0.2) is 17.4 Å². The van der Waals surface area contributed by atoms with Crippen molar-refractivity contribution < 1.29 is 9.72 Å². The Kier molecular flexibility index (Phi) is 6.62. The topological polar surface area (TPSA) is 97.4 Å². The minimum Gasteiger partial charge on any atom is -0.302 e. The molecule has 172 valence electrons. The van der Waals surface area contributed by atoms with E-state index in [9.17, 15) is 14.9 Å². The largest absolute Gasteiger partial charge is 0.302 e. The van der Waals surface area contributed by atoms with Crippen LogP contribution in [0.4, 0.5) is 5.69 Å². The van der Waals surface area contributed by atoms with Crippen molar-refractivity contribution in [1.29, 1.82) is 0 Å². The summed E-state index contributed by atoms with van der Waals surface area (Å²) in [5.41, 5.74) is 1.13. The Morgan fingerprint density at radius 2 is 1.73 bits per heavy atom. The molecule has 1 aliphatic rings. The molecule has 0 atom stereocenters. The van der Waals surface area contributed by atoms with Gasteiger partial charge in [-0.15, -0.1) is 10.2 Å². The van der Waals surface area contributed by atoms with Gasteiger partial charge < -0.3 is 4.90 Å². The van der Waals surface area contributed by atoms with Crippen molar-refractivity contribution >= 4 is 11.5 Å². The van der Waals surface area contributed by atoms with Crippen LogP contribution in [0.3, 0.4) is 0 Å². The Morgan fingerprint density at radius 3 is 2.33 bits per heavy atom. The van der Waals surface area contributed by atoms with E-state index in [2.05, 4.69) is 22.1 Å². The van der Waals surface area contributed by atoms with Gasteiger partial charge in [0, 0.05) is 24.2 Å². The SMILES string of the molecule is CN(C)Cc1nnc(CN(C)CC2CC2)n1-c1ccc([N+](=O)[O-])cc1C(=O)c1ccccc1. The average Bonchev–Trinajstić information content (AvgIpc) is 3.52. The fourth-order valence-electron chi connectivity index (χ4n) is 3.93. The summed E-state index contributed by atoms with van der Waals surface area (Å²) in [5.74, 6) is 1.81. The number of nitro benzene ring substituents is 1. The van der Waals surface area contributed by atoms with Crippen LogP contribution in [0.2, 0.25) is 0 Å². The third-order valence-electron chi connectivity index (χ3n) is 5.65. The van der Waals surface area contributed by atoms with Crippen molar-refractivity contribution in [2.45, 2.75) is 25.9 Å². The van der Waals surface area contributed by atoms with Crippen molar-refractivity contribution in [2.75, 3.05) is 27.7 Å². The summed E-state index contributed by atoms with van der Waals surface area (Å²) >= 11 is 0. The van der Waals surface area contributed by atoms with Gasteiger partial charge >= 0.3 is 0 Å². The van der Waals surface area contributed by atoms with Gasteiger partial charge in [-0.3, -0.25) is 24.4 Å². The number of carbonyl (C=O) groups is 1. The molecule has 1 aromatic heterocycles. The molecule has 0 saturated heterocycles. The lowest BCUT2D eigenvalue weighted by atomic mass is 10.0. The highest BCUT2D eigenvalue weighted by Gasteiger charge is 2.26. The maximum absolute atomic E-state index is 13.5. The van der Waals surface area contributed by atoms with E-state index in [4.69, 9.17) is 0 Å². The minimum absolute atomic E-state index is 0.132. The van der Waals surface area contributed by atoms with Crippen molar-refractivity contribution in [1.82, 2.24) is 24.6 Å². The molecule has 0 spiro atoms. The third-order valence-corrected chi connectivity index (χ3v) is 5.65. The Bertz CT molecular complexity index is 1150. The molecule has 0 aliphatic heterocycles. The molecule has 1 aliphatic carbocycles. The molecule has 3 aromatic rings. The molecule has 9 nitrogen and oxygen atoms in total. The molecule has 0 radical (unpaired) electrons. The van der Waals surface area contributed by atoms with Gasteiger partial charge in [-0.1, -0.05) is 30.3 Å². The Labute approximate surface area is 192 Å². The summed E-state index contributed by atoms with van der Waals surface area (Å²) < 4.78 is 1.88. The third kappa shape index (κ3) is 5.32. The van der Waals surface area contributed by atoms with Gasteiger partial charge in [0.05, 0.1) is 29.3 Å². The molecule has 1 saturated carbocycles. The molecule has 2 aromatic carbocycles. The molecule has 0 amide bonds. The van der Waals surface area contributed by atoms with Crippen LogP contribution in [0.1, 0.15) is 40.4 Å². The number of benzene rings is 2. The zero-order chi connectivity index (χ0) is 23.5. The average molecular weight is 449 g/mol. The molecule has 4 rings (SSSR count). The van der Waals surface area contributed by atoms with Gasteiger partial charge in [-0.2, -0.15) is 0 Å². The lowest BCUT2D eigenvalue weighted by Crippen LogP contribution is -2.24. The number of rotatable bonds is 10. The molecule has 9 heteroatoms. The number of ketones is 1. The first-order chi connectivity index (χ1) is 15.8. The van der Waals surface area contributed by atoms with Crippen molar-refractivity contribution in [3.63, 3.8) is 0 Å². The van der Waals surface area contributed by atoms with E-state index in [1.54, 1.807) is 30.3 Å². The zero-order valence-electron chi connectivity index (χ0n) is 19.1. The predicted molar refractivity (Wildman–Crippen MR) is 124 cm³/mol. The Hall–Kier alpha value is -3.43. The van der Waals surface area contributed by atoms with E-state index in [0.717, 1.165) is 12.5 Å². The highest BCUT2D eigenvalue weighted by molar-refractivity contribution is 6.11. The predicted octanol–water partition coefficient (Wildman–Crippen LogP) is 3.31. The van der Waals surface area contributed by atoms with Gasteiger partial charge in [0.2, 0.25) is 0 Å². The zero-order valence-corrected chi connectivity index (χ0v) is 19.1. The molecule has 0 bridgehead atoms. The van der Waals surface area contributed by atoms with Crippen LogP contribution in [0, 0.1) is 16.0 Å². The fourth-order valence-corrected chi connectivity index (χ4v) is 3.93.